The van der Waals surface area contributed by atoms with Crippen molar-refractivity contribution in [1.82, 2.24) is 4.98 Å². The molecule has 1 aromatic rings. The highest BCUT2D eigenvalue weighted by atomic mass is 31.2. The Morgan fingerprint density at radius 1 is 1.29 bits per heavy atom. The minimum atomic E-state index is -3.51. The Balaban J connectivity index is 2.39. The first-order valence-electron chi connectivity index (χ1n) is 7.06. The lowest BCUT2D eigenvalue weighted by Crippen LogP contribution is -2.38. The lowest BCUT2D eigenvalue weighted by atomic mass is 10.4. The van der Waals surface area contributed by atoms with Gasteiger partial charge in [0.15, 0.2) is 0 Å². The molecule has 2 rings (SSSR count). The molecule has 0 unspecified atom stereocenters. The molecule has 0 aliphatic carbocycles. The van der Waals surface area contributed by atoms with E-state index in [9.17, 15) is 4.57 Å². The van der Waals surface area contributed by atoms with Crippen molar-refractivity contribution in [1.29, 1.82) is 0 Å². The highest BCUT2D eigenvalue weighted by molar-refractivity contribution is 7.62. The number of nitrogens with two attached hydrogens (primary N) is 1. The second-order valence-corrected chi connectivity index (χ2v) is 6.31. The minimum Gasteiger partial charge on any atom is -0.423 e. The predicted octanol–water partition coefficient (Wildman–Crippen LogP) is 0.861. The zero-order valence-corrected chi connectivity index (χ0v) is 13.3. The van der Waals surface area contributed by atoms with Gasteiger partial charge < -0.3 is 28.8 Å². The molecule has 0 saturated carbocycles. The summed E-state index contributed by atoms with van der Waals surface area (Å²) in [4.78, 5) is 6.15. The number of rotatable bonds is 7. The Hall–Kier alpha value is -0.920. The summed E-state index contributed by atoms with van der Waals surface area (Å²) in [5, 5.41) is 0. The molecule has 0 atom stereocenters. The first-order chi connectivity index (χ1) is 10.1. The summed E-state index contributed by atoms with van der Waals surface area (Å²) < 4.78 is 34.6. The summed E-state index contributed by atoms with van der Waals surface area (Å²) in [6.07, 6.45) is 0. The van der Waals surface area contributed by atoms with Crippen molar-refractivity contribution in [3.8, 4) is 0 Å². The van der Waals surface area contributed by atoms with Gasteiger partial charge in [0.2, 0.25) is 17.2 Å². The van der Waals surface area contributed by atoms with Gasteiger partial charge in [-0.2, -0.15) is 0 Å². The molecule has 0 radical (unpaired) electrons. The minimum absolute atomic E-state index is 0.121. The molecular formula is C12H22N3O5P. The van der Waals surface area contributed by atoms with Gasteiger partial charge in [-0.3, -0.25) is 4.57 Å². The van der Waals surface area contributed by atoms with Crippen LogP contribution in [0.1, 0.15) is 19.7 Å². The van der Waals surface area contributed by atoms with Crippen LogP contribution in [0.3, 0.4) is 0 Å². The number of hydrogen-bond donors (Lipinski definition) is 1. The van der Waals surface area contributed by atoms with Gasteiger partial charge in [0.05, 0.1) is 33.0 Å². The fourth-order valence-electron chi connectivity index (χ4n) is 2.08. The van der Waals surface area contributed by atoms with Crippen LogP contribution < -0.4 is 16.1 Å². The molecule has 8 nitrogen and oxygen atoms in total. The summed E-state index contributed by atoms with van der Waals surface area (Å²) in [5.74, 6) is 0.718. The van der Waals surface area contributed by atoms with Crippen molar-refractivity contribution < 1.29 is 22.8 Å². The van der Waals surface area contributed by atoms with Gasteiger partial charge in [-0.1, -0.05) is 0 Å². The number of ether oxygens (including phenoxy) is 1. The van der Waals surface area contributed by atoms with E-state index >= 15 is 0 Å². The zero-order valence-electron chi connectivity index (χ0n) is 12.4. The summed E-state index contributed by atoms with van der Waals surface area (Å²) in [6, 6.07) is 0. The van der Waals surface area contributed by atoms with E-state index < -0.39 is 7.60 Å². The molecule has 9 heteroatoms. The highest BCUT2D eigenvalue weighted by Crippen LogP contribution is 2.49. The highest BCUT2D eigenvalue weighted by Gasteiger charge is 2.37. The van der Waals surface area contributed by atoms with Crippen LogP contribution in [0.4, 0.5) is 5.88 Å². The monoisotopic (exact) mass is 319 g/mol. The third-order valence-corrected chi connectivity index (χ3v) is 4.97. The van der Waals surface area contributed by atoms with Crippen molar-refractivity contribution >= 4 is 18.9 Å². The first-order valence-corrected chi connectivity index (χ1v) is 8.61. The molecule has 0 aromatic carbocycles. The molecule has 1 saturated heterocycles. The maximum absolute atomic E-state index is 12.9. The molecular weight excluding hydrogens is 297 g/mol. The van der Waals surface area contributed by atoms with Crippen LogP contribution in [0.15, 0.2) is 4.42 Å². The molecule has 1 aliphatic heterocycles. The van der Waals surface area contributed by atoms with Gasteiger partial charge in [-0.25, -0.2) is 4.98 Å². The molecule has 120 valence electrons. The van der Waals surface area contributed by atoms with E-state index in [1.165, 1.54) is 0 Å². The van der Waals surface area contributed by atoms with Gasteiger partial charge in [0.25, 0.3) is 0 Å². The largest absolute Gasteiger partial charge is 0.423 e. The van der Waals surface area contributed by atoms with Crippen LogP contribution in [-0.2, 0) is 24.9 Å². The van der Waals surface area contributed by atoms with E-state index in [0.717, 1.165) is 0 Å². The Morgan fingerprint density at radius 3 is 2.43 bits per heavy atom. The first kappa shape index (κ1) is 16.5. The molecule has 1 aromatic heterocycles. The number of hydrogen-bond acceptors (Lipinski definition) is 8. The lowest BCUT2D eigenvalue weighted by Gasteiger charge is -2.27. The SMILES string of the molecule is CCOP(=O)(OCC)c1nc(CN)oc1N1CCOCC1. The molecule has 21 heavy (non-hydrogen) atoms. The van der Waals surface area contributed by atoms with Crippen molar-refractivity contribution in [2.24, 2.45) is 5.73 Å². The topological polar surface area (TPSA) is 100 Å². The molecule has 1 fully saturated rings. The van der Waals surface area contributed by atoms with E-state index in [2.05, 4.69) is 4.98 Å². The van der Waals surface area contributed by atoms with Gasteiger partial charge in [-0.05, 0) is 13.8 Å². The zero-order chi connectivity index (χ0) is 15.3. The fourth-order valence-corrected chi connectivity index (χ4v) is 3.74. The van der Waals surface area contributed by atoms with Crippen molar-refractivity contribution in [2.75, 3.05) is 44.4 Å². The molecule has 1 aliphatic rings. The van der Waals surface area contributed by atoms with E-state index in [4.69, 9.17) is 23.9 Å². The van der Waals surface area contributed by atoms with Crippen LogP contribution in [0.5, 0.6) is 0 Å². The van der Waals surface area contributed by atoms with Gasteiger partial charge in [0.1, 0.15) is 0 Å². The summed E-state index contributed by atoms with van der Waals surface area (Å²) in [6.45, 7) is 6.55. The quantitative estimate of drug-likeness (QED) is 0.739. The Bertz CT molecular complexity index is 491. The maximum Gasteiger partial charge on any atom is 0.385 e. The number of morpholine rings is 1. The van der Waals surface area contributed by atoms with E-state index in [-0.39, 0.29) is 25.2 Å². The van der Waals surface area contributed by atoms with Crippen LogP contribution >= 0.6 is 7.60 Å². The van der Waals surface area contributed by atoms with Crippen molar-refractivity contribution in [3.63, 3.8) is 0 Å². The van der Waals surface area contributed by atoms with Crippen molar-refractivity contribution in [2.45, 2.75) is 20.4 Å². The van der Waals surface area contributed by atoms with Crippen LogP contribution in [0.2, 0.25) is 0 Å². The molecule has 0 bridgehead atoms. The number of aromatic nitrogens is 1. The Labute approximate surface area is 124 Å². The summed E-state index contributed by atoms with van der Waals surface area (Å²) >= 11 is 0. The van der Waals surface area contributed by atoms with Gasteiger partial charge >= 0.3 is 7.60 Å². The van der Waals surface area contributed by atoms with Gasteiger partial charge in [0, 0.05) is 13.1 Å². The third kappa shape index (κ3) is 3.64. The standard InChI is InChI=1S/C12H22N3O5P/c1-3-18-21(16,19-4-2)11-12(20-10(9-13)14-11)15-5-7-17-8-6-15/h3-9,13H2,1-2H3. The van der Waals surface area contributed by atoms with E-state index in [0.29, 0.717) is 38.1 Å². The van der Waals surface area contributed by atoms with E-state index in [1.807, 2.05) is 4.90 Å². The smallest absolute Gasteiger partial charge is 0.385 e. The molecule has 0 spiro atoms. The van der Waals surface area contributed by atoms with Gasteiger partial charge in [-0.15, -0.1) is 0 Å². The Kier molecular flexibility index (Phi) is 5.78. The third-order valence-electron chi connectivity index (χ3n) is 2.97. The van der Waals surface area contributed by atoms with Crippen LogP contribution in [-0.4, -0.2) is 44.5 Å². The second kappa shape index (κ2) is 7.38. The summed E-state index contributed by atoms with van der Waals surface area (Å²) in [5.41, 5.74) is 5.78. The predicted molar refractivity (Wildman–Crippen MR) is 77.9 cm³/mol. The fraction of sp³-hybridized carbons (Fsp3) is 0.750. The molecule has 2 heterocycles. The van der Waals surface area contributed by atoms with Crippen LogP contribution in [0, 0.1) is 0 Å². The number of oxazole rings is 1. The average Bonchev–Trinajstić information content (AvgIpc) is 2.94. The molecule has 0 amide bonds. The average molecular weight is 319 g/mol. The van der Waals surface area contributed by atoms with E-state index in [1.54, 1.807) is 13.8 Å². The molecule has 2 N–H and O–H groups in total. The summed E-state index contributed by atoms with van der Waals surface area (Å²) in [7, 11) is -3.51. The second-order valence-electron chi connectivity index (χ2n) is 4.37. The number of nitrogens with zero attached hydrogens (tertiary/aromatic N) is 2. The normalized spacial score (nSPS) is 16.4. The lowest BCUT2D eigenvalue weighted by molar-refractivity contribution is 0.120. The number of anilines is 1. The Morgan fingerprint density at radius 2 is 1.90 bits per heavy atom. The van der Waals surface area contributed by atoms with Crippen molar-refractivity contribution in [3.05, 3.63) is 5.89 Å². The van der Waals surface area contributed by atoms with Crippen LogP contribution in [0.25, 0.3) is 0 Å². The maximum atomic E-state index is 12.9.